The second-order valence-corrected chi connectivity index (χ2v) is 2.44. The second kappa shape index (κ2) is 5.15. The van der Waals surface area contributed by atoms with Gasteiger partial charge in [-0.1, -0.05) is 30.9 Å². The summed E-state index contributed by atoms with van der Waals surface area (Å²) < 4.78 is 0. The molecule has 0 aromatic carbocycles. The lowest BCUT2D eigenvalue weighted by molar-refractivity contribution is 1.41. The fourth-order valence-electron chi connectivity index (χ4n) is 0.757. The van der Waals surface area contributed by atoms with Crippen molar-refractivity contribution in [2.24, 2.45) is 0 Å². The monoisotopic (exact) mass is 159 g/mol. The van der Waals surface area contributed by atoms with Crippen LogP contribution in [0.3, 0.4) is 0 Å². The Bertz CT molecular complexity index is 285. The van der Waals surface area contributed by atoms with Crippen LogP contribution in [0.4, 0.5) is 0 Å². The molecule has 0 atom stereocenters. The summed E-state index contributed by atoms with van der Waals surface area (Å²) in [5, 5.41) is 8.61. The Morgan fingerprint density at radius 3 is 2.33 bits per heavy atom. The zero-order valence-electron chi connectivity index (χ0n) is 7.59. The van der Waals surface area contributed by atoms with Crippen molar-refractivity contribution in [2.45, 2.75) is 13.8 Å². The van der Waals surface area contributed by atoms with E-state index in [-0.39, 0.29) is 0 Å². The van der Waals surface area contributed by atoms with Crippen molar-refractivity contribution in [3.8, 4) is 6.07 Å². The second-order valence-electron chi connectivity index (χ2n) is 2.44. The molecule has 0 aromatic rings. The molecule has 0 amide bonds. The van der Waals surface area contributed by atoms with E-state index in [1.54, 1.807) is 6.08 Å². The standard InChI is InChI=1S/C11H13N/c1-5-10(8-12)7-11(6-2)9(3)4/h5-7H,1,3H2,2,4H3/b10-7+,11-6+. The Balaban J connectivity index is 4.84. The molecule has 0 bridgehead atoms. The molecule has 62 valence electrons. The minimum Gasteiger partial charge on any atom is -0.192 e. The summed E-state index contributed by atoms with van der Waals surface area (Å²) >= 11 is 0. The summed E-state index contributed by atoms with van der Waals surface area (Å²) in [5.41, 5.74) is 2.49. The van der Waals surface area contributed by atoms with Crippen LogP contribution >= 0.6 is 0 Å². The van der Waals surface area contributed by atoms with Gasteiger partial charge in [0.15, 0.2) is 0 Å². The largest absolute Gasteiger partial charge is 0.192 e. The Morgan fingerprint density at radius 1 is 1.50 bits per heavy atom. The predicted molar refractivity (Wildman–Crippen MR) is 52.5 cm³/mol. The van der Waals surface area contributed by atoms with Crippen molar-refractivity contribution in [3.63, 3.8) is 0 Å². The number of allylic oxidation sites excluding steroid dienone is 6. The third kappa shape index (κ3) is 3.03. The van der Waals surface area contributed by atoms with Gasteiger partial charge in [0.05, 0.1) is 11.6 Å². The third-order valence-electron chi connectivity index (χ3n) is 1.46. The van der Waals surface area contributed by atoms with E-state index < -0.39 is 0 Å². The molecule has 0 fully saturated rings. The van der Waals surface area contributed by atoms with Crippen LogP contribution in [0.1, 0.15) is 13.8 Å². The zero-order valence-corrected chi connectivity index (χ0v) is 7.59. The predicted octanol–water partition coefficient (Wildman–Crippen LogP) is 3.14. The van der Waals surface area contributed by atoms with Gasteiger partial charge in [-0.25, -0.2) is 0 Å². The molecule has 0 aliphatic rings. The highest BCUT2D eigenvalue weighted by Gasteiger charge is 1.93. The first-order valence-electron chi connectivity index (χ1n) is 3.72. The first-order chi connectivity index (χ1) is 5.65. The number of hydrogen-bond donors (Lipinski definition) is 0. The average molecular weight is 159 g/mol. The van der Waals surface area contributed by atoms with Crippen molar-refractivity contribution < 1.29 is 0 Å². The maximum Gasteiger partial charge on any atom is 0.0991 e. The van der Waals surface area contributed by atoms with E-state index in [9.17, 15) is 0 Å². The van der Waals surface area contributed by atoms with Crippen molar-refractivity contribution in [3.05, 3.63) is 48.1 Å². The van der Waals surface area contributed by atoms with Gasteiger partial charge in [0.25, 0.3) is 0 Å². The molecule has 0 rings (SSSR count). The van der Waals surface area contributed by atoms with Crippen LogP contribution in [0.5, 0.6) is 0 Å². The summed E-state index contributed by atoms with van der Waals surface area (Å²) in [6.07, 6.45) is 5.23. The van der Waals surface area contributed by atoms with E-state index >= 15 is 0 Å². The Labute approximate surface area is 74.0 Å². The molecule has 0 radical (unpaired) electrons. The van der Waals surface area contributed by atoms with Crippen molar-refractivity contribution in [1.82, 2.24) is 0 Å². The molecular formula is C11H13N. The van der Waals surface area contributed by atoms with E-state index in [2.05, 4.69) is 13.2 Å². The number of nitriles is 1. The Kier molecular flexibility index (Phi) is 4.48. The summed E-state index contributed by atoms with van der Waals surface area (Å²) in [4.78, 5) is 0. The summed E-state index contributed by atoms with van der Waals surface area (Å²) in [7, 11) is 0. The zero-order chi connectivity index (χ0) is 9.56. The smallest absolute Gasteiger partial charge is 0.0991 e. The highest BCUT2D eigenvalue weighted by Crippen LogP contribution is 2.10. The molecule has 0 saturated heterocycles. The molecule has 0 N–H and O–H groups in total. The van der Waals surface area contributed by atoms with E-state index in [1.165, 1.54) is 6.08 Å². The SMILES string of the molecule is C=C/C(C#N)=C\C(=C/C)C(=C)C. The lowest BCUT2D eigenvalue weighted by Gasteiger charge is -1.98. The molecule has 1 nitrogen and oxygen atoms in total. The molecule has 0 heterocycles. The summed E-state index contributed by atoms with van der Waals surface area (Å²) in [6, 6.07) is 2.03. The fraction of sp³-hybridized carbons (Fsp3) is 0.182. The first kappa shape index (κ1) is 10.5. The fourth-order valence-corrected chi connectivity index (χ4v) is 0.757. The normalized spacial score (nSPS) is 12.1. The van der Waals surface area contributed by atoms with Gasteiger partial charge in [-0.15, -0.1) is 0 Å². The summed E-state index contributed by atoms with van der Waals surface area (Å²) in [5.74, 6) is 0. The molecule has 12 heavy (non-hydrogen) atoms. The summed E-state index contributed by atoms with van der Waals surface area (Å²) in [6.45, 7) is 11.1. The molecule has 0 aliphatic heterocycles. The number of nitrogens with zero attached hydrogens (tertiary/aromatic N) is 1. The maximum atomic E-state index is 8.61. The topological polar surface area (TPSA) is 23.8 Å². The molecule has 0 aromatic heterocycles. The van der Waals surface area contributed by atoms with Crippen LogP contribution in [0, 0.1) is 11.3 Å². The van der Waals surface area contributed by atoms with Crippen molar-refractivity contribution >= 4 is 0 Å². The van der Waals surface area contributed by atoms with Crippen LogP contribution in [0.25, 0.3) is 0 Å². The Hall–Kier alpha value is -1.55. The van der Waals surface area contributed by atoms with E-state index in [4.69, 9.17) is 5.26 Å². The van der Waals surface area contributed by atoms with Gasteiger partial charge in [-0.2, -0.15) is 5.26 Å². The van der Waals surface area contributed by atoms with Gasteiger partial charge < -0.3 is 0 Å². The van der Waals surface area contributed by atoms with Gasteiger partial charge in [0, 0.05) is 0 Å². The van der Waals surface area contributed by atoms with E-state index in [1.807, 2.05) is 26.0 Å². The van der Waals surface area contributed by atoms with Gasteiger partial charge in [-0.05, 0) is 25.5 Å². The van der Waals surface area contributed by atoms with Gasteiger partial charge in [0.2, 0.25) is 0 Å². The van der Waals surface area contributed by atoms with Crippen LogP contribution < -0.4 is 0 Å². The molecule has 0 saturated carbocycles. The quantitative estimate of drug-likeness (QED) is 0.458. The maximum absolute atomic E-state index is 8.61. The molecule has 0 spiro atoms. The molecular weight excluding hydrogens is 146 g/mol. The van der Waals surface area contributed by atoms with Crippen molar-refractivity contribution in [2.75, 3.05) is 0 Å². The minimum absolute atomic E-state index is 0.561. The lowest BCUT2D eigenvalue weighted by atomic mass is 10.1. The van der Waals surface area contributed by atoms with Crippen LogP contribution in [-0.2, 0) is 0 Å². The minimum atomic E-state index is 0.561. The van der Waals surface area contributed by atoms with E-state index in [0.717, 1.165) is 11.1 Å². The van der Waals surface area contributed by atoms with Crippen LogP contribution in [0.2, 0.25) is 0 Å². The van der Waals surface area contributed by atoms with Gasteiger partial charge in [0.1, 0.15) is 0 Å². The van der Waals surface area contributed by atoms with Crippen LogP contribution in [-0.4, -0.2) is 0 Å². The third-order valence-corrected chi connectivity index (χ3v) is 1.46. The van der Waals surface area contributed by atoms with Gasteiger partial charge >= 0.3 is 0 Å². The average Bonchev–Trinajstić information content (AvgIpc) is 2.06. The molecule has 0 aliphatic carbocycles. The highest BCUT2D eigenvalue weighted by molar-refractivity contribution is 5.45. The molecule has 1 heteroatoms. The first-order valence-corrected chi connectivity index (χ1v) is 3.72. The van der Waals surface area contributed by atoms with Crippen molar-refractivity contribution in [1.29, 1.82) is 5.26 Å². The number of rotatable bonds is 3. The number of hydrogen-bond acceptors (Lipinski definition) is 1. The lowest BCUT2D eigenvalue weighted by Crippen LogP contribution is -1.80. The van der Waals surface area contributed by atoms with Crippen LogP contribution in [0.15, 0.2) is 48.1 Å². The molecule has 0 unspecified atom stereocenters. The van der Waals surface area contributed by atoms with Gasteiger partial charge in [-0.3, -0.25) is 0 Å². The van der Waals surface area contributed by atoms with E-state index in [0.29, 0.717) is 5.57 Å². The highest BCUT2D eigenvalue weighted by atomic mass is 14.2. The Morgan fingerprint density at radius 2 is 2.08 bits per heavy atom.